The van der Waals surface area contributed by atoms with Gasteiger partial charge in [0, 0.05) is 12.5 Å². The predicted octanol–water partition coefficient (Wildman–Crippen LogP) is 1.24. The fourth-order valence-electron chi connectivity index (χ4n) is 2.09. The van der Waals surface area contributed by atoms with Crippen LogP contribution in [0.25, 0.3) is 0 Å². The van der Waals surface area contributed by atoms with Gasteiger partial charge in [-0.15, -0.1) is 0 Å². The van der Waals surface area contributed by atoms with Crippen LogP contribution in [0.3, 0.4) is 0 Å². The van der Waals surface area contributed by atoms with Crippen LogP contribution in [-0.2, 0) is 14.4 Å². The Morgan fingerprint density at radius 3 is 2.43 bits per heavy atom. The van der Waals surface area contributed by atoms with E-state index in [2.05, 4.69) is 10.6 Å². The molecule has 7 heteroatoms. The molecule has 0 aliphatic heterocycles. The molecule has 0 spiro atoms. The Morgan fingerprint density at radius 1 is 1.22 bits per heavy atom. The highest BCUT2D eigenvalue weighted by Crippen LogP contribution is 2.27. The maximum absolute atomic E-state index is 12.0. The highest BCUT2D eigenvalue weighted by Gasteiger charge is 2.22. The number of rotatable bonds is 8. The van der Waals surface area contributed by atoms with E-state index in [1.807, 2.05) is 6.92 Å². The molecule has 7 nitrogen and oxygen atoms in total. The van der Waals surface area contributed by atoms with Gasteiger partial charge in [-0.25, -0.2) is 0 Å². The zero-order chi connectivity index (χ0) is 17.4. The summed E-state index contributed by atoms with van der Waals surface area (Å²) in [5, 5.41) is 13.9. The molecule has 2 atom stereocenters. The molecule has 0 radical (unpaired) electrons. The van der Waals surface area contributed by atoms with Crippen LogP contribution in [0.1, 0.15) is 38.8 Å². The number of para-hydroxylation sites is 1. The van der Waals surface area contributed by atoms with E-state index < -0.39 is 24.0 Å². The first-order valence-electron chi connectivity index (χ1n) is 7.36. The van der Waals surface area contributed by atoms with E-state index >= 15 is 0 Å². The van der Waals surface area contributed by atoms with Gasteiger partial charge in [-0.2, -0.15) is 0 Å². The number of carboxylic acids is 1. The molecule has 1 aromatic rings. The summed E-state index contributed by atoms with van der Waals surface area (Å²) in [4.78, 5) is 34.3. The van der Waals surface area contributed by atoms with Crippen molar-refractivity contribution in [1.82, 2.24) is 10.6 Å². The molecule has 0 heterocycles. The average Bonchev–Trinajstić information content (AvgIpc) is 2.46. The van der Waals surface area contributed by atoms with Crippen LogP contribution in [0.4, 0.5) is 0 Å². The van der Waals surface area contributed by atoms with E-state index in [0.717, 1.165) is 0 Å². The van der Waals surface area contributed by atoms with Crippen LogP contribution < -0.4 is 15.4 Å². The zero-order valence-electron chi connectivity index (χ0n) is 13.5. The maximum Gasteiger partial charge on any atom is 0.325 e. The van der Waals surface area contributed by atoms with Crippen molar-refractivity contribution in [2.75, 3.05) is 6.61 Å². The molecule has 0 saturated heterocycles. The van der Waals surface area contributed by atoms with Crippen molar-refractivity contribution in [3.8, 4) is 5.75 Å². The van der Waals surface area contributed by atoms with Crippen molar-refractivity contribution in [1.29, 1.82) is 0 Å². The van der Waals surface area contributed by atoms with Crippen molar-refractivity contribution >= 4 is 17.8 Å². The normalized spacial score (nSPS) is 12.8. The summed E-state index contributed by atoms with van der Waals surface area (Å²) in [6.45, 7) is 5.02. The molecular formula is C16H22N2O5. The van der Waals surface area contributed by atoms with Crippen molar-refractivity contribution in [3.05, 3.63) is 29.8 Å². The Bertz CT molecular complexity index is 573. The lowest BCUT2D eigenvalue weighted by molar-refractivity contribution is -0.141. The number of aliphatic carboxylic acids is 1. The Kier molecular flexibility index (Phi) is 7.05. The molecule has 0 bridgehead atoms. The van der Waals surface area contributed by atoms with Crippen LogP contribution in [0.15, 0.2) is 24.3 Å². The molecular weight excluding hydrogens is 300 g/mol. The van der Waals surface area contributed by atoms with Crippen molar-refractivity contribution in [2.24, 2.45) is 0 Å². The Morgan fingerprint density at radius 2 is 1.87 bits per heavy atom. The number of benzene rings is 1. The Balaban J connectivity index is 2.95. The number of hydrogen-bond donors (Lipinski definition) is 3. The highest BCUT2D eigenvalue weighted by atomic mass is 16.5. The minimum atomic E-state index is -1.12. The largest absolute Gasteiger partial charge is 0.494 e. The van der Waals surface area contributed by atoms with Gasteiger partial charge in [0.15, 0.2) is 0 Å². The van der Waals surface area contributed by atoms with Crippen LogP contribution in [-0.4, -0.2) is 35.5 Å². The SMILES string of the molecule is CCOc1ccccc1C(CC(=O)NC(C)C(=O)O)NC(C)=O. The Hall–Kier alpha value is -2.57. The highest BCUT2D eigenvalue weighted by molar-refractivity contribution is 5.84. The molecule has 23 heavy (non-hydrogen) atoms. The predicted molar refractivity (Wildman–Crippen MR) is 84.0 cm³/mol. The molecule has 0 fully saturated rings. The first-order valence-corrected chi connectivity index (χ1v) is 7.36. The fourth-order valence-corrected chi connectivity index (χ4v) is 2.09. The second-order valence-corrected chi connectivity index (χ2v) is 5.06. The summed E-state index contributed by atoms with van der Waals surface area (Å²) >= 11 is 0. The first kappa shape index (κ1) is 18.5. The molecule has 2 unspecified atom stereocenters. The monoisotopic (exact) mass is 322 g/mol. The number of ether oxygens (including phenoxy) is 1. The number of carboxylic acid groups (broad SMARTS) is 1. The summed E-state index contributed by atoms with van der Waals surface area (Å²) in [6, 6.07) is 5.50. The van der Waals surface area contributed by atoms with Crippen molar-refractivity contribution in [3.63, 3.8) is 0 Å². The standard InChI is InChI=1S/C16H22N2O5/c1-4-23-14-8-6-5-7-12(14)13(18-11(3)19)9-15(20)17-10(2)16(21)22/h5-8,10,13H,4,9H2,1-3H3,(H,17,20)(H,18,19)(H,21,22). The first-order chi connectivity index (χ1) is 10.8. The summed E-state index contributed by atoms with van der Waals surface area (Å²) in [5.41, 5.74) is 0.669. The second kappa shape index (κ2) is 8.77. The van der Waals surface area contributed by atoms with Gasteiger partial charge in [0.25, 0.3) is 0 Å². The smallest absolute Gasteiger partial charge is 0.325 e. The third-order valence-electron chi connectivity index (χ3n) is 3.11. The molecule has 0 saturated carbocycles. The third-order valence-corrected chi connectivity index (χ3v) is 3.11. The topological polar surface area (TPSA) is 105 Å². The lowest BCUT2D eigenvalue weighted by Crippen LogP contribution is -2.40. The zero-order valence-corrected chi connectivity index (χ0v) is 13.5. The van der Waals surface area contributed by atoms with Gasteiger partial charge in [-0.3, -0.25) is 14.4 Å². The number of amides is 2. The van der Waals surface area contributed by atoms with Gasteiger partial charge in [-0.1, -0.05) is 18.2 Å². The Labute approximate surface area is 135 Å². The maximum atomic E-state index is 12.0. The number of nitrogens with one attached hydrogen (secondary N) is 2. The third kappa shape index (κ3) is 5.98. The molecule has 0 aromatic heterocycles. The van der Waals surface area contributed by atoms with Gasteiger partial charge in [0.1, 0.15) is 11.8 Å². The van der Waals surface area contributed by atoms with Gasteiger partial charge >= 0.3 is 5.97 Å². The van der Waals surface area contributed by atoms with Crippen LogP contribution in [0.5, 0.6) is 5.75 Å². The van der Waals surface area contributed by atoms with Crippen molar-refractivity contribution < 1.29 is 24.2 Å². The second-order valence-electron chi connectivity index (χ2n) is 5.06. The van der Waals surface area contributed by atoms with Gasteiger partial charge in [0.05, 0.1) is 19.1 Å². The lowest BCUT2D eigenvalue weighted by atomic mass is 10.0. The van der Waals surface area contributed by atoms with Gasteiger partial charge < -0.3 is 20.5 Å². The van der Waals surface area contributed by atoms with E-state index in [9.17, 15) is 14.4 Å². The van der Waals surface area contributed by atoms with E-state index in [-0.39, 0.29) is 12.3 Å². The summed E-state index contributed by atoms with van der Waals surface area (Å²) < 4.78 is 5.52. The summed E-state index contributed by atoms with van der Waals surface area (Å²) in [6.07, 6.45) is -0.0821. The lowest BCUT2D eigenvalue weighted by Gasteiger charge is -2.21. The van der Waals surface area contributed by atoms with Crippen molar-refractivity contribution in [2.45, 2.75) is 39.3 Å². The van der Waals surface area contributed by atoms with Gasteiger partial charge in [0.2, 0.25) is 11.8 Å². The molecule has 1 rings (SSSR count). The van der Waals surface area contributed by atoms with E-state index in [0.29, 0.717) is 17.9 Å². The minimum absolute atomic E-state index is 0.0821. The summed E-state index contributed by atoms with van der Waals surface area (Å²) in [5.74, 6) is -1.30. The van der Waals surface area contributed by atoms with E-state index in [1.54, 1.807) is 24.3 Å². The van der Waals surface area contributed by atoms with Gasteiger partial charge in [-0.05, 0) is 19.9 Å². The van der Waals surface area contributed by atoms with E-state index in [1.165, 1.54) is 13.8 Å². The van der Waals surface area contributed by atoms with Crippen LogP contribution in [0, 0.1) is 0 Å². The molecule has 1 aromatic carbocycles. The fraction of sp³-hybridized carbons (Fsp3) is 0.438. The molecule has 126 valence electrons. The minimum Gasteiger partial charge on any atom is -0.494 e. The number of carbonyl (C=O) groups is 3. The quantitative estimate of drug-likeness (QED) is 0.668. The number of carbonyl (C=O) groups excluding carboxylic acids is 2. The molecule has 3 N–H and O–H groups in total. The van der Waals surface area contributed by atoms with Crippen LogP contribution >= 0.6 is 0 Å². The molecule has 0 aliphatic carbocycles. The summed E-state index contributed by atoms with van der Waals surface area (Å²) in [7, 11) is 0. The van der Waals surface area contributed by atoms with Crippen LogP contribution in [0.2, 0.25) is 0 Å². The van der Waals surface area contributed by atoms with E-state index in [4.69, 9.17) is 9.84 Å². The average molecular weight is 322 g/mol. The number of hydrogen-bond acceptors (Lipinski definition) is 4. The molecule has 2 amide bonds. The molecule has 0 aliphatic rings.